The minimum absolute atomic E-state index is 0.382. The van der Waals surface area contributed by atoms with Crippen molar-refractivity contribution in [3.05, 3.63) is 52.3 Å². The molecule has 4 heteroatoms. The standard InChI is InChI=1S/C16H22BrN3/c1-3-11-20-15(9-10-19-20)12-18-16(4-2)13-5-7-14(17)8-6-13/h5-10,16,18H,3-4,11-12H2,1-2H3. The lowest BCUT2D eigenvalue weighted by atomic mass is 10.0. The number of nitrogens with one attached hydrogen (secondary N) is 1. The van der Waals surface area contributed by atoms with Crippen LogP contribution in [0.3, 0.4) is 0 Å². The molecule has 0 amide bonds. The first-order valence-corrected chi connectivity index (χ1v) is 8.03. The Morgan fingerprint density at radius 3 is 2.60 bits per heavy atom. The summed E-state index contributed by atoms with van der Waals surface area (Å²) in [5.74, 6) is 0. The molecule has 2 aromatic rings. The second-order valence-corrected chi connectivity index (χ2v) is 5.85. The fourth-order valence-corrected chi connectivity index (χ4v) is 2.61. The Bertz CT molecular complexity index is 519. The smallest absolute Gasteiger partial charge is 0.0522 e. The zero-order valence-corrected chi connectivity index (χ0v) is 13.7. The van der Waals surface area contributed by atoms with Gasteiger partial charge in [-0.05, 0) is 36.6 Å². The van der Waals surface area contributed by atoms with Crippen LogP contribution >= 0.6 is 15.9 Å². The van der Waals surface area contributed by atoms with Crippen LogP contribution in [0.15, 0.2) is 41.0 Å². The third-order valence-electron chi connectivity index (χ3n) is 3.45. The van der Waals surface area contributed by atoms with Gasteiger partial charge in [-0.15, -0.1) is 0 Å². The number of rotatable bonds is 7. The Kier molecular flexibility index (Phi) is 5.80. The van der Waals surface area contributed by atoms with E-state index in [0.29, 0.717) is 6.04 Å². The number of nitrogens with zero attached hydrogens (tertiary/aromatic N) is 2. The Labute approximate surface area is 129 Å². The lowest BCUT2D eigenvalue weighted by Gasteiger charge is -2.18. The van der Waals surface area contributed by atoms with E-state index in [2.05, 4.69) is 75.2 Å². The van der Waals surface area contributed by atoms with Crippen molar-refractivity contribution in [3.63, 3.8) is 0 Å². The molecule has 1 N–H and O–H groups in total. The van der Waals surface area contributed by atoms with Crippen LogP contribution in [0.4, 0.5) is 0 Å². The molecular weight excluding hydrogens is 314 g/mol. The molecule has 1 heterocycles. The Morgan fingerprint density at radius 1 is 1.20 bits per heavy atom. The fourth-order valence-electron chi connectivity index (χ4n) is 2.34. The molecular formula is C16H22BrN3. The first-order chi connectivity index (χ1) is 9.74. The monoisotopic (exact) mass is 335 g/mol. The third-order valence-corrected chi connectivity index (χ3v) is 3.98. The average molecular weight is 336 g/mol. The van der Waals surface area contributed by atoms with Crippen LogP contribution in [0, 0.1) is 0 Å². The number of halogens is 1. The van der Waals surface area contributed by atoms with Gasteiger partial charge in [0, 0.05) is 29.8 Å². The molecule has 0 aliphatic heterocycles. The van der Waals surface area contributed by atoms with Crippen LogP contribution in [-0.4, -0.2) is 9.78 Å². The van der Waals surface area contributed by atoms with E-state index in [-0.39, 0.29) is 0 Å². The molecule has 1 aromatic carbocycles. The van der Waals surface area contributed by atoms with Gasteiger partial charge in [0.15, 0.2) is 0 Å². The molecule has 1 unspecified atom stereocenters. The molecule has 1 aromatic heterocycles. The van der Waals surface area contributed by atoms with Crippen LogP contribution in [0.25, 0.3) is 0 Å². The van der Waals surface area contributed by atoms with Crippen molar-refractivity contribution in [1.29, 1.82) is 0 Å². The topological polar surface area (TPSA) is 29.9 Å². The van der Waals surface area contributed by atoms with E-state index >= 15 is 0 Å². The van der Waals surface area contributed by atoms with Gasteiger partial charge in [-0.1, -0.05) is 41.9 Å². The van der Waals surface area contributed by atoms with Gasteiger partial charge < -0.3 is 5.32 Å². The molecule has 0 saturated heterocycles. The fraction of sp³-hybridized carbons (Fsp3) is 0.438. The Morgan fingerprint density at radius 2 is 1.95 bits per heavy atom. The Balaban J connectivity index is 2.00. The van der Waals surface area contributed by atoms with Crippen LogP contribution in [0.2, 0.25) is 0 Å². The van der Waals surface area contributed by atoms with Gasteiger partial charge in [-0.2, -0.15) is 5.10 Å². The molecule has 108 valence electrons. The highest BCUT2D eigenvalue weighted by Crippen LogP contribution is 2.20. The van der Waals surface area contributed by atoms with Crippen molar-refractivity contribution in [3.8, 4) is 0 Å². The van der Waals surface area contributed by atoms with Gasteiger partial charge in [0.2, 0.25) is 0 Å². The number of hydrogen-bond acceptors (Lipinski definition) is 2. The van der Waals surface area contributed by atoms with E-state index in [0.717, 1.165) is 30.4 Å². The largest absolute Gasteiger partial charge is 0.304 e. The first-order valence-electron chi connectivity index (χ1n) is 7.24. The molecule has 0 saturated carbocycles. The van der Waals surface area contributed by atoms with Crippen molar-refractivity contribution in [2.24, 2.45) is 0 Å². The summed E-state index contributed by atoms with van der Waals surface area (Å²) in [6, 6.07) is 11.0. The normalized spacial score (nSPS) is 12.6. The summed E-state index contributed by atoms with van der Waals surface area (Å²) >= 11 is 3.48. The summed E-state index contributed by atoms with van der Waals surface area (Å²) in [4.78, 5) is 0. The maximum Gasteiger partial charge on any atom is 0.0522 e. The summed E-state index contributed by atoms with van der Waals surface area (Å²) in [7, 11) is 0. The predicted octanol–water partition coefficient (Wildman–Crippen LogP) is 4.30. The second-order valence-electron chi connectivity index (χ2n) is 4.94. The van der Waals surface area contributed by atoms with Gasteiger partial charge in [-0.25, -0.2) is 0 Å². The van der Waals surface area contributed by atoms with Crippen molar-refractivity contribution in [1.82, 2.24) is 15.1 Å². The number of aromatic nitrogens is 2. The van der Waals surface area contributed by atoms with Gasteiger partial charge in [0.1, 0.15) is 0 Å². The maximum absolute atomic E-state index is 4.36. The van der Waals surface area contributed by atoms with Gasteiger partial charge in [0.25, 0.3) is 0 Å². The molecule has 0 radical (unpaired) electrons. The van der Waals surface area contributed by atoms with Crippen molar-refractivity contribution >= 4 is 15.9 Å². The van der Waals surface area contributed by atoms with E-state index in [1.807, 2.05) is 6.20 Å². The zero-order valence-electron chi connectivity index (χ0n) is 12.1. The number of benzene rings is 1. The lowest BCUT2D eigenvalue weighted by Crippen LogP contribution is -2.22. The van der Waals surface area contributed by atoms with E-state index in [1.54, 1.807) is 0 Å². The molecule has 0 spiro atoms. The quantitative estimate of drug-likeness (QED) is 0.817. The molecule has 20 heavy (non-hydrogen) atoms. The minimum atomic E-state index is 0.382. The summed E-state index contributed by atoms with van der Waals surface area (Å²) < 4.78 is 3.21. The third kappa shape index (κ3) is 3.93. The highest BCUT2D eigenvalue weighted by atomic mass is 79.9. The highest BCUT2D eigenvalue weighted by molar-refractivity contribution is 9.10. The molecule has 1 atom stereocenters. The maximum atomic E-state index is 4.36. The predicted molar refractivity (Wildman–Crippen MR) is 86.5 cm³/mol. The van der Waals surface area contributed by atoms with Crippen LogP contribution in [0.1, 0.15) is 44.0 Å². The number of hydrogen-bond donors (Lipinski definition) is 1. The molecule has 2 rings (SSSR count). The lowest BCUT2D eigenvalue weighted by molar-refractivity contribution is 0.487. The first kappa shape index (κ1) is 15.3. The summed E-state index contributed by atoms with van der Waals surface area (Å²) in [5, 5.41) is 7.99. The van der Waals surface area contributed by atoms with Crippen molar-refractivity contribution < 1.29 is 0 Å². The van der Waals surface area contributed by atoms with E-state index in [9.17, 15) is 0 Å². The second kappa shape index (κ2) is 7.60. The van der Waals surface area contributed by atoms with Crippen LogP contribution < -0.4 is 5.32 Å². The van der Waals surface area contributed by atoms with Gasteiger partial charge >= 0.3 is 0 Å². The summed E-state index contributed by atoms with van der Waals surface area (Å²) in [6.07, 6.45) is 4.06. The molecule has 0 aliphatic rings. The van der Waals surface area contributed by atoms with Gasteiger partial charge in [-0.3, -0.25) is 4.68 Å². The summed E-state index contributed by atoms with van der Waals surface area (Å²) in [6.45, 7) is 6.23. The molecule has 3 nitrogen and oxygen atoms in total. The van der Waals surface area contributed by atoms with Crippen molar-refractivity contribution in [2.75, 3.05) is 0 Å². The van der Waals surface area contributed by atoms with Crippen LogP contribution in [-0.2, 0) is 13.1 Å². The molecule has 0 aliphatic carbocycles. The SMILES string of the molecule is CCCn1nccc1CNC(CC)c1ccc(Br)cc1. The van der Waals surface area contributed by atoms with E-state index in [4.69, 9.17) is 0 Å². The highest BCUT2D eigenvalue weighted by Gasteiger charge is 2.10. The Hall–Kier alpha value is -1.13. The molecule has 0 bridgehead atoms. The molecule has 0 fully saturated rings. The number of aryl methyl sites for hydroxylation is 1. The van der Waals surface area contributed by atoms with Crippen molar-refractivity contribution in [2.45, 2.75) is 45.8 Å². The van der Waals surface area contributed by atoms with Crippen LogP contribution in [0.5, 0.6) is 0 Å². The summed E-state index contributed by atoms with van der Waals surface area (Å²) in [5.41, 5.74) is 2.58. The minimum Gasteiger partial charge on any atom is -0.304 e. The zero-order chi connectivity index (χ0) is 14.4. The average Bonchev–Trinajstić information content (AvgIpc) is 2.89. The van der Waals surface area contributed by atoms with Gasteiger partial charge in [0.05, 0.1) is 5.69 Å². The van der Waals surface area contributed by atoms with E-state index in [1.165, 1.54) is 11.3 Å². The van der Waals surface area contributed by atoms with E-state index < -0.39 is 0 Å².